The van der Waals surface area contributed by atoms with Crippen LogP contribution in [-0.2, 0) is 16.1 Å². The highest BCUT2D eigenvalue weighted by atomic mass is 35.5. The summed E-state index contributed by atoms with van der Waals surface area (Å²) in [7, 11) is 0. The maximum absolute atomic E-state index is 12.5. The number of nitrogens with one attached hydrogen (secondary N) is 1. The van der Waals surface area contributed by atoms with Crippen molar-refractivity contribution < 1.29 is 9.59 Å². The minimum Gasteiger partial charge on any atom is -0.351 e. The summed E-state index contributed by atoms with van der Waals surface area (Å²) in [5, 5.41) is 3.68. The lowest BCUT2D eigenvalue weighted by Gasteiger charge is -2.37. The summed E-state index contributed by atoms with van der Waals surface area (Å²) in [5.74, 6) is 0.208. The molecule has 0 saturated carbocycles. The van der Waals surface area contributed by atoms with Gasteiger partial charge in [-0.15, -0.1) is 0 Å². The van der Waals surface area contributed by atoms with Crippen LogP contribution < -0.4 is 5.32 Å². The van der Waals surface area contributed by atoms with Gasteiger partial charge in [0.05, 0.1) is 12.6 Å². The molecule has 1 aromatic rings. The van der Waals surface area contributed by atoms with Crippen LogP contribution >= 0.6 is 11.6 Å². The minimum atomic E-state index is -0.182. The van der Waals surface area contributed by atoms with Gasteiger partial charge in [-0.1, -0.05) is 23.7 Å². The number of rotatable bonds is 8. The number of hydrogen-bond donors (Lipinski definition) is 1. The monoisotopic (exact) mass is 394 g/mol. The van der Waals surface area contributed by atoms with Crippen LogP contribution in [-0.4, -0.2) is 78.4 Å². The Labute approximate surface area is 167 Å². The third-order valence-electron chi connectivity index (χ3n) is 5.19. The maximum atomic E-state index is 12.5. The van der Waals surface area contributed by atoms with Crippen LogP contribution in [0.2, 0.25) is 5.02 Å². The molecule has 27 heavy (non-hydrogen) atoms. The summed E-state index contributed by atoms with van der Waals surface area (Å²) in [6.07, 6.45) is 0. The smallest absolute Gasteiger partial charge is 0.237 e. The molecule has 0 aliphatic carbocycles. The Hall–Kier alpha value is -1.63. The average Bonchev–Trinajstić information content (AvgIpc) is 2.68. The maximum Gasteiger partial charge on any atom is 0.237 e. The lowest BCUT2D eigenvalue weighted by atomic mass is 10.2. The number of likely N-dealkylation sites (N-methyl/N-ethyl adjacent to an activating group) is 1. The number of benzene rings is 1. The van der Waals surface area contributed by atoms with Crippen molar-refractivity contribution >= 4 is 23.4 Å². The van der Waals surface area contributed by atoms with Gasteiger partial charge in [0.15, 0.2) is 0 Å². The topological polar surface area (TPSA) is 55.9 Å². The Morgan fingerprint density at radius 3 is 2.26 bits per heavy atom. The molecule has 0 aromatic heterocycles. The highest BCUT2D eigenvalue weighted by Gasteiger charge is 2.26. The number of halogens is 1. The van der Waals surface area contributed by atoms with Gasteiger partial charge in [0, 0.05) is 50.8 Å². The fourth-order valence-corrected chi connectivity index (χ4v) is 3.41. The molecule has 150 valence electrons. The van der Waals surface area contributed by atoms with Crippen molar-refractivity contribution in [2.75, 3.05) is 45.8 Å². The first-order valence-corrected chi connectivity index (χ1v) is 10.1. The van der Waals surface area contributed by atoms with E-state index in [1.54, 1.807) is 0 Å². The Morgan fingerprint density at radius 2 is 1.70 bits per heavy atom. The molecular weight excluding hydrogens is 364 g/mol. The van der Waals surface area contributed by atoms with Crippen LogP contribution in [0.15, 0.2) is 24.3 Å². The van der Waals surface area contributed by atoms with Crippen LogP contribution in [0.4, 0.5) is 0 Å². The predicted octanol–water partition coefficient (Wildman–Crippen LogP) is 1.83. The van der Waals surface area contributed by atoms with E-state index < -0.39 is 0 Å². The molecule has 1 unspecified atom stereocenters. The molecule has 0 spiro atoms. The van der Waals surface area contributed by atoms with Crippen LogP contribution in [0.1, 0.15) is 26.3 Å². The van der Waals surface area contributed by atoms with Gasteiger partial charge in [-0.25, -0.2) is 0 Å². The molecule has 7 heteroatoms. The zero-order valence-electron chi connectivity index (χ0n) is 16.6. The Bertz CT molecular complexity index is 611. The van der Waals surface area contributed by atoms with Gasteiger partial charge >= 0.3 is 0 Å². The quantitative estimate of drug-likeness (QED) is 0.730. The molecule has 1 atom stereocenters. The highest BCUT2D eigenvalue weighted by Crippen LogP contribution is 2.10. The molecule has 2 rings (SSSR count). The molecule has 1 aromatic carbocycles. The molecule has 1 aliphatic rings. The molecule has 1 fully saturated rings. The molecule has 1 saturated heterocycles. The van der Waals surface area contributed by atoms with Crippen molar-refractivity contribution in [1.29, 1.82) is 0 Å². The fraction of sp³-hybridized carbons (Fsp3) is 0.600. The summed E-state index contributed by atoms with van der Waals surface area (Å²) < 4.78 is 0. The lowest BCUT2D eigenvalue weighted by molar-refractivity contribution is -0.133. The summed E-state index contributed by atoms with van der Waals surface area (Å²) in [6.45, 7) is 11.6. The van der Waals surface area contributed by atoms with Crippen molar-refractivity contribution in [3.63, 3.8) is 0 Å². The Balaban J connectivity index is 1.75. The van der Waals surface area contributed by atoms with Gasteiger partial charge < -0.3 is 10.2 Å². The van der Waals surface area contributed by atoms with E-state index in [-0.39, 0.29) is 17.9 Å². The number of nitrogens with zero attached hydrogens (tertiary/aromatic N) is 3. The number of carbonyl (C=O) groups excluding carboxylic acids is 2. The van der Waals surface area contributed by atoms with Crippen molar-refractivity contribution in [2.45, 2.75) is 33.4 Å². The van der Waals surface area contributed by atoms with Gasteiger partial charge in [0.1, 0.15) is 0 Å². The largest absolute Gasteiger partial charge is 0.351 e. The summed E-state index contributed by atoms with van der Waals surface area (Å²) in [6, 6.07) is 7.30. The van der Waals surface area contributed by atoms with E-state index >= 15 is 0 Å². The average molecular weight is 395 g/mol. The van der Waals surface area contributed by atoms with Crippen LogP contribution in [0.25, 0.3) is 0 Å². The second-order valence-electron chi connectivity index (χ2n) is 6.90. The Morgan fingerprint density at radius 1 is 1.11 bits per heavy atom. The first-order chi connectivity index (χ1) is 12.9. The van der Waals surface area contributed by atoms with Gasteiger partial charge in [-0.3, -0.25) is 19.4 Å². The third kappa shape index (κ3) is 6.48. The van der Waals surface area contributed by atoms with Crippen molar-refractivity contribution in [2.24, 2.45) is 0 Å². The summed E-state index contributed by atoms with van der Waals surface area (Å²) in [5.41, 5.74) is 1.03. The highest BCUT2D eigenvalue weighted by molar-refractivity contribution is 6.30. The molecule has 1 heterocycles. The molecule has 0 bridgehead atoms. The Kier molecular flexibility index (Phi) is 8.54. The number of amides is 2. The van der Waals surface area contributed by atoms with E-state index in [1.807, 2.05) is 49.9 Å². The van der Waals surface area contributed by atoms with Gasteiger partial charge in [0.25, 0.3) is 0 Å². The van der Waals surface area contributed by atoms with E-state index in [0.29, 0.717) is 18.1 Å². The van der Waals surface area contributed by atoms with E-state index in [2.05, 4.69) is 15.1 Å². The van der Waals surface area contributed by atoms with Gasteiger partial charge in [-0.2, -0.15) is 0 Å². The normalized spacial score (nSPS) is 16.7. The zero-order chi connectivity index (χ0) is 19.8. The van der Waals surface area contributed by atoms with E-state index in [9.17, 15) is 9.59 Å². The third-order valence-corrected chi connectivity index (χ3v) is 5.44. The second kappa shape index (κ2) is 10.6. The fourth-order valence-electron chi connectivity index (χ4n) is 3.28. The van der Waals surface area contributed by atoms with Crippen molar-refractivity contribution in [1.82, 2.24) is 20.0 Å². The van der Waals surface area contributed by atoms with Crippen molar-refractivity contribution in [3.8, 4) is 0 Å². The van der Waals surface area contributed by atoms with E-state index in [0.717, 1.165) is 44.8 Å². The van der Waals surface area contributed by atoms with Crippen molar-refractivity contribution in [3.05, 3.63) is 34.9 Å². The first-order valence-electron chi connectivity index (χ1n) is 9.70. The standard InChI is InChI=1S/C20H31ClN4O2/c1-4-24(5-2)19(26)15-23-10-12-25(13-11-23)16(3)20(27)22-14-17-6-8-18(21)9-7-17/h6-9,16H,4-5,10-15H2,1-3H3,(H,22,27). The van der Waals surface area contributed by atoms with E-state index in [1.165, 1.54) is 0 Å². The van der Waals surface area contributed by atoms with Crippen LogP contribution in [0.3, 0.4) is 0 Å². The molecular formula is C20H31ClN4O2. The molecule has 2 amide bonds. The second-order valence-corrected chi connectivity index (χ2v) is 7.33. The summed E-state index contributed by atoms with van der Waals surface area (Å²) in [4.78, 5) is 30.9. The van der Waals surface area contributed by atoms with Gasteiger partial charge in [-0.05, 0) is 38.5 Å². The molecule has 0 radical (unpaired) electrons. The first kappa shape index (κ1) is 21.7. The van der Waals surface area contributed by atoms with Gasteiger partial charge in [0.2, 0.25) is 11.8 Å². The molecule has 6 nitrogen and oxygen atoms in total. The number of piperazine rings is 1. The SMILES string of the molecule is CCN(CC)C(=O)CN1CCN(C(C)C(=O)NCc2ccc(Cl)cc2)CC1. The van der Waals surface area contributed by atoms with Crippen LogP contribution in [0.5, 0.6) is 0 Å². The molecule has 1 N–H and O–H groups in total. The van der Waals surface area contributed by atoms with E-state index in [4.69, 9.17) is 11.6 Å². The number of hydrogen-bond acceptors (Lipinski definition) is 4. The van der Waals surface area contributed by atoms with Crippen LogP contribution in [0, 0.1) is 0 Å². The predicted molar refractivity (Wildman–Crippen MR) is 109 cm³/mol. The minimum absolute atomic E-state index is 0.0256. The zero-order valence-corrected chi connectivity index (χ0v) is 17.3. The lowest BCUT2D eigenvalue weighted by Crippen LogP contribution is -2.55. The molecule has 1 aliphatic heterocycles. The number of carbonyl (C=O) groups is 2. The summed E-state index contributed by atoms with van der Waals surface area (Å²) >= 11 is 5.88.